The molecule has 0 fully saturated rings. The molecule has 4 heteroatoms. The van der Waals surface area contributed by atoms with Crippen molar-refractivity contribution in [3.05, 3.63) is 57.6 Å². The van der Waals surface area contributed by atoms with E-state index in [0.717, 1.165) is 27.1 Å². The van der Waals surface area contributed by atoms with Crippen LogP contribution in [0.2, 0.25) is 0 Å². The van der Waals surface area contributed by atoms with Gasteiger partial charge in [-0.2, -0.15) is 0 Å². The van der Waals surface area contributed by atoms with E-state index in [1.54, 1.807) is 7.11 Å². The van der Waals surface area contributed by atoms with Crippen LogP contribution in [0.5, 0.6) is 11.5 Å². The van der Waals surface area contributed by atoms with Gasteiger partial charge in [0.2, 0.25) is 0 Å². The Morgan fingerprint density at radius 1 is 1.15 bits per heavy atom. The Bertz CT molecular complexity index is 546. The minimum Gasteiger partial charge on any atom is -0.497 e. The van der Waals surface area contributed by atoms with E-state index in [4.69, 9.17) is 15.2 Å². The highest BCUT2D eigenvalue weighted by Gasteiger charge is 2.05. The summed E-state index contributed by atoms with van der Waals surface area (Å²) in [7, 11) is 1.64. The van der Waals surface area contributed by atoms with Crippen LogP contribution >= 0.6 is 15.9 Å². The number of benzene rings is 2. The zero-order valence-electron chi connectivity index (χ0n) is 11.7. The quantitative estimate of drug-likeness (QED) is 0.903. The molecule has 0 aliphatic rings. The third kappa shape index (κ3) is 3.52. The van der Waals surface area contributed by atoms with Crippen LogP contribution in [0, 0.1) is 6.92 Å². The van der Waals surface area contributed by atoms with Crippen molar-refractivity contribution in [2.24, 2.45) is 5.73 Å². The van der Waals surface area contributed by atoms with Gasteiger partial charge < -0.3 is 15.2 Å². The molecule has 0 saturated carbocycles. The molecule has 2 N–H and O–H groups in total. The molecule has 0 radical (unpaired) electrons. The summed E-state index contributed by atoms with van der Waals surface area (Å²) < 4.78 is 11.9. The highest BCUT2D eigenvalue weighted by Crippen LogP contribution is 2.29. The smallest absolute Gasteiger partial charge is 0.134 e. The zero-order valence-corrected chi connectivity index (χ0v) is 13.2. The lowest BCUT2D eigenvalue weighted by atomic mass is 10.1. The summed E-state index contributed by atoms with van der Waals surface area (Å²) in [5, 5.41) is 0. The minimum absolute atomic E-state index is 0.529. The van der Waals surface area contributed by atoms with Gasteiger partial charge in [0.05, 0.1) is 11.6 Å². The van der Waals surface area contributed by atoms with E-state index in [1.807, 2.05) is 24.3 Å². The van der Waals surface area contributed by atoms with Crippen molar-refractivity contribution in [2.45, 2.75) is 20.1 Å². The van der Waals surface area contributed by atoms with E-state index in [-0.39, 0.29) is 0 Å². The predicted octanol–water partition coefficient (Wildman–Crippen LogP) is 3.80. The Balaban J connectivity index is 2.09. The Kier molecular flexibility index (Phi) is 5.04. The van der Waals surface area contributed by atoms with Crippen molar-refractivity contribution in [3.8, 4) is 11.5 Å². The van der Waals surface area contributed by atoms with Crippen molar-refractivity contribution in [2.75, 3.05) is 7.11 Å². The lowest BCUT2D eigenvalue weighted by Gasteiger charge is -2.12. The van der Waals surface area contributed by atoms with Gasteiger partial charge in [0.25, 0.3) is 0 Å². The summed E-state index contributed by atoms with van der Waals surface area (Å²) in [6, 6.07) is 11.9. The number of aryl methyl sites for hydroxylation is 1. The first-order valence-corrected chi connectivity index (χ1v) is 7.18. The van der Waals surface area contributed by atoms with Gasteiger partial charge in [-0.1, -0.05) is 18.2 Å². The molecule has 2 aromatic rings. The third-order valence-electron chi connectivity index (χ3n) is 3.16. The summed E-state index contributed by atoms with van der Waals surface area (Å²) in [5.41, 5.74) is 9.12. The second-order valence-corrected chi connectivity index (χ2v) is 5.40. The van der Waals surface area contributed by atoms with E-state index in [0.29, 0.717) is 13.2 Å². The fourth-order valence-corrected chi connectivity index (χ4v) is 2.40. The Labute approximate surface area is 127 Å². The summed E-state index contributed by atoms with van der Waals surface area (Å²) in [6.07, 6.45) is 0. The van der Waals surface area contributed by atoms with E-state index >= 15 is 0 Å². The maximum Gasteiger partial charge on any atom is 0.134 e. The number of rotatable bonds is 5. The van der Waals surface area contributed by atoms with Crippen LogP contribution in [0.4, 0.5) is 0 Å². The largest absolute Gasteiger partial charge is 0.497 e. The van der Waals surface area contributed by atoms with Crippen LogP contribution in [0.15, 0.2) is 40.9 Å². The number of hydrogen-bond donors (Lipinski definition) is 1. The number of nitrogens with two attached hydrogens (primary N) is 1. The van der Waals surface area contributed by atoms with Crippen LogP contribution < -0.4 is 15.2 Å². The molecule has 0 aliphatic carbocycles. The summed E-state index contributed by atoms with van der Waals surface area (Å²) in [6.45, 7) is 3.16. The lowest BCUT2D eigenvalue weighted by molar-refractivity contribution is 0.302. The first-order chi connectivity index (χ1) is 9.63. The molecule has 0 atom stereocenters. The van der Waals surface area contributed by atoms with Crippen LogP contribution in [-0.4, -0.2) is 7.11 Å². The molecule has 2 rings (SSSR count). The van der Waals surface area contributed by atoms with Gasteiger partial charge in [-0.25, -0.2) is 0 Å². The topological polar surface area (TPSA) is 44.5 Å². The number of hydrogen-bond acceptors (Lipinski definition) is 3. The minimum atomic E-state index is 0.529. The SMILES string of the molecule is COc1ccc(OCc2ccc(CN)cc2C)c(Br)c1. The Morgan fingerprint density at radius 3 is 2.55 bits per heavy atom. The van der Waals surface area contributed by atoms with Crippen LogP contribution in [0.3, 0.4) is 0 Å². The van der Waals surface area contributed by atoms with Gasteiger partial charge in [0, 0.05) is 6.54 Å². The Hall–Kier alpha value is -1.52. The van der Waals surface area contributed by atoms with Gasteiger partial charge in [-0.3, -0.25) is 0 Å². The van der Waals surface area contributed by atoms with Crippen LogP contribution in [0.1, 0.15) is 16.7 Å². The average Bonchev–Trinajstić information content (AvgIpc) is 2.46. The number of methoxy groups -OCH3 is 1. The van der Waals surface area contributed by atoms with Crippen LogP contribution in [-0.2, 0) is 13.2 Å². The molecule has 0 aromatic heterocycles. The second kappa shape index (κ2) is 6.77. The second-order valence-electron chi connectivity index (χ2n) is 4.55. The molecule has 3 nitrogen and oxygen atoms in total. The fraction of sp³-hybridized carbons (Fsp3) is 0.250. The number of halogens is 1. The summed E-state index contributed by atoms with van der Waals surface area (Å²) in [5.74, 6) is 1.60. The van der Waals surface area contributed by atoms with Gasteiger partial charge in [-0.15, -0.1) is 0 Å². The fourth-order valence-electron chi connectivity index (χ4n) is 1.93. The molecule has 106 valence electrons. The van der Waals surface area contributed by atoms with Crippen molar-refractivity contribution < 1.29 is 9.47 Å². The van der Waals surface area contributed by atoms with Crippen molar-refractivity contribution in [1.29, 1.82) is 0 Å². The predicted molar refractivity (Wildman–Crippen MR) is 84.1 cm³/mol. The molecule has 0 heterocycles. The van der Waals surface area contributed by atoms with Gasteiger partial charge in [0.1, 0.15) is 18.1 Å². The molecule has 20 heavy (non-hydrogen) atoms. The lowest BCUT2D eigenvalue weighted by Crippen LogP contribution is -2.01. The molecule has 0 bridgehead atoms. The standard InChI is InChI=1S/C16H18BrNO2/c1-11-7-12(9-18)3-4-13(11)10-20-16-6-5-14(19-2)8-15(16)17/h3-8H,9-10,18H2,1-2H3. The van der Waals surface area contributed by atoms with E-state index in [1.165, 1.54) is 5.56 Å². The zero-order chi connectivity index (χ0) is 14.5. The van der Waals surface area contributed by atoms with Gasteiger partial charge in [-0.05, 0) is 57.7 Å². The maximum atomic E-state index is 5.84. The molecular formula is C16H18BrNO2. The highest BCUT2D eigenvalue weighted by molar-refractivity contribution is 9.10. The molecule has 2 aromatic carbocycles. The van der Waals surface area contributed by atoms with Crippen molar-refractivity contribution >= 4 is 15.9 Å². The molecule has 0 saturated heterocycles. The Morgan fingerprint density at radius 2 is 1.95 bits per heavy atom. The summed E-state index contributed by atoms with van der Waals surface area (Å²) in [4.78, 5) is 0. The maximum absolute atomic E-state index is 5.84. The third-order valence-corrected chi connectivity index (χ3v) is 3.78. The van der Waals surface area contributed by atoms with E-state index in [9.17, 15) is 0 Å². The van der Waals surface area contributed by atoms with Crippen molar-refractivity contribution in [3.63, 3.8) is 0 Å². The molecule has 0 unspecified atom stereocenters. The average molecular weight is 336 g/mol. The van der Waals surface area contributed by atoms with Crippen LogP contribution in [0.25, 0.3) is 0 Å². The highest BCUT2D eigenvalue weighted by atomic mass is 79.9. The first-order valence-electron chi connectivity index (χ1n) is 6.39. The van der Waals surface area contributed by atoms with Gasteiger partial charge in [0.15, 0.2) is 0 Å². The van der Waals surface area contributed by atoms with E-state index < -0.39 is 0 Å². The molecule has 0 aliphatic heterocycles. The van der Waals surface area contributed by atoms with E-state index in [2.05, 4.69) is 35.0 Å². The first kappa shape index (κ1) is 14.9. The van der Waals surface area contributed by atoms with Crippen molar-refractivity contribution in [1.82, 2.24) is 0 Å². The molecule has 0 spiro atoms. The molecule has 0 amide bonds. The number of ether oxygens (including phenoxy) is 2. The monoisotopic (exact) mass is 335 g/mol. The normalized spacial score (nSPS) is 10.4. The molecular weight excluding hydrogens is 318 g/mol. The van der Waals surface area contributed by atoms with Gasteiger partial charge >= 0.3 is 0 Å². The summed E-state index contributed by atoms with van der Waals surface area (Å²) >= 11 is 3.48.